The molecule has 0 N–H and O–H groups in total. The largest absolute Gasteiger partial charge is 0.456 e. The monoisotopic (exact) mass is 895 g/mol. The first kappa shape index (κ1) is 38.5. The van der Waals surface area contributed by atoms with E-state index in [-0.39, 0.29) is 0 Å². The van der Waals surface area contributed by atoms with Crippen LogP contribution in [0.15, 0.2) is 233 Å². The maximum atomic E-state index is 6.55. The number of fused-ring (bicyclic) bond motifs is 12. The quantitative estimate of drug-likeness (QED) is 0.166. The standard InChI is InChI=1S/C63H37N5O2/c1-4-16-38(17-5-1)61-64-62(39-18-6-2-7-19-39)66-63(65-61)42-30-41(31-44(32-42)68-53-25-13-10-22-45(53)49-34-51-46-23-11-14-26-57(46)69-59(51)36-55(49)68)40-28-29-54-48(33-40)50-35-52-47-24-12-15-27-58(47)70-60(52)37-56(50)67(54)43-20-8-3-9-21-43/h1-37H. The van der Waals surface area contributed by atoms with E-state index in [1.165, 1.54) is 0 Å². The predicted octanol–water partition coefficient (Wildman–Crippen LogP) is 16.5. The molecular weight excluding hydrogens is 859 g/mol. The minimum atomic E-state index is 0.576. The van der Waals surface area contributed by atoms with E-state index in [4.69, 9.17) is 23.8 Å². The Balaban J connectivity index is 1.02. The van der Waals surface area contributed by atoms with Crippen LogP contribution in [-0.4, -0.2) is 24.1 Å². The smallest absolute Gasteiger partial charge is 0.164 e. The van der Waals surface area contributed by atoms with Crippen molar-refractivity contribution in [3.63, 3.8) is 0 Å². The second-order valence-corrected chi connectivity index (χ2v) is 18.0. The number of benzene rings is 10. The molecule has 0 fully saturated rings. The van der Waals surface area contributed by atoms with Crippen LogP contribution < -0.4 is 0 Å². The lowest BCUT2D eigenvalue weighted by Gasteiger charge is -2.15. The Kier molecular flexibility index (Phi) is 8.23. The Labute approximate surface area is 399 Å². The number of rotatable bonds is 6. The van der Waals surface area contributed by atoms with Crippen molar-refractivity contribution in [2.45, 2.75) is 0 Å². The Bertz CT molecular complexity index is 4530. The highest BCUT2D eigenvalue weighted by Crippen LogP contribution is 2.43. The highest BCUT2D eigenvalue weighted by Gasteiger charge is 2.22. The Hall–Kier alpha value is -9.59. The fourth-order valence-electron chi connectivity index (χ4n) is 10.7. The number of aromatic nitrogens is 5. The van der Waals surface area contributed by atoms with Gasteiger partial charge in [-0.1, -0.05) is 140 Å². The van der Waals surface area contributed by atoms with Gasteiger partial charge in [0.2, 0.25) is 0 Å². The van der Waals surface area contributed by atoms with Gasteiger partial charge in [-0.3, -0.25) is 0 Å². The fourth-order valence-corrected chi connectivity index (χ4v) is 10.7. The maximum absolute atomic E-state index is 6.55. The van der Waals surface area contributed by atoms with Crippen LogP contribution in [0.1, 0.15) is 0 Å². The van der Waals surface area contributed by atoms with Crippen LogP contribution in [0.4, 0.5) is 0 Å². The van der Waals surface area contributed by atoms with Crippen molar-refractivity contribution in [1.82, 2.24) is 24.1 Å². The molecule has 326 valence electrons. The molecule has 7 heteroatoms. The first-order chi connectivity index (χ1) is 34.7. The van der Waals surface area contributed by atoms with Crippen molar-refractivity contribution in [1.29, 1.82) is 0 Å². The Morgan fingerprint density at radius 1 is 0.243 bits per heavy atom. The lowest BCUT2D eigenvalue weighted by atomic mass is 9.99. The first-order valence-corrected chi connectivity index (χ1v) is 23.5. The predicted molar refractivity (Wildman–Crippen MR) is 285 cm³/mol. The van der Waals surface area contributed by atoms with E-state index in [1.807, 2.05) is 84.9 Å². The topological polar surface area (TPSA) is 74.8 Å². The van der Waals surface area contributed by atoms with Crippen LogP contribution in [0.25, 0.3) is 144 Å². The summed E-state index contributed by atoms with van der Waals surface area (Å²) in [6.45, 7) is 0. The summed E-state index contributed by atoms with van der Waals surface area (Å²) in [5, 5.41) is 8.97. The number of hydrogen-bond donors (Lipinski definition) is 0. The average molecular weight is 896 g/mol. The van der Waals surface area contributed by atoms with E-state index >= 15 is 0 Å². The molecule has 7 nitrogen and oxygen atoms in total. The third-order valence-electron chi connectivity index (χ3n) is 13.9. The van der Waals surface area contributed by atoms with Gasteiger partial charge in [0.25, 0.3) is 0 Å². The molecule has 15 aromatic rings. The molecule has 0 radical (unpaired) electrons. The molecule has 0 aliphatic carbocycles. The molecule has 5 heterocycles. The van der Waals surface area contributed by atoms with Crippen LogP contribution in [0.5, 0.6) is 0 Å². The van der Waals surface area contributed by atoms with E-state index < -0.39 is 0 Å². The number of para-hydroxylation sites is 4. The minimum Gasteiger partial charge on any atom is -0.456 e. The summed E-state index contributed by atoms with van der Waals surface area (Å²) in [7, 11) is 0. The third kappa shape index (κ3) is 5.91. The van der Waals surface area contributed by atoms with Gasteiger partial charge < -0.3 is 18.0 Å². The van der Waals surface area contributed by atoms with E-state index in [2.05, 4.69) is 149 Å². The van der Waals surface area contributed by atoms with Crippen molar-refractivity contribution in [2.75, 3.05) is 0 Å². The molecule has 0 saturated heterocycles. The molecule has 0 saturated carbocycles. The molecule has 0 aliphatic rings. The van der Waals surface area contributed by atoms with Gasteiger partial charge in [-0.2, -0.15) is 0 Å². The highest BCUT2D eigenvalue weighted by atomic mass is 16.3. The average Bonchev–Trinajstić information content (AvgIpc) is 4.17. The normalized spacial score (nSPS) is 12.0. The van der Waals surface area contributed by atoms with Crippen molar-refractivity contribution < 1.29 is 8.83 Å². The molecule has 10 aromatic carbocycles. The summed E-state index contributed by atoms with van der Waals surface area (Å²) in [5.41, 5.74) is 14.6. The van der Waals surface area contributed by atoms with Crippen molar-refractivity contribution in [2.24, 2.45) is 0 Å². The molecule has 0 aliphatic heterocycles. The van der Waals surface area contributed by atoms with E-state index in [9.17, 15) is 0 Å². The zero-order chi connectivity index (χ0) is 45.9. The van der Waals surface area contributed by atoms with Crippen molar-refractivity contribution in [3.8, 4) is 56.7 Å². The molecule has 0 atom stereocenters. The summed E-state index contributed by atoms with van der Waals surface area (Å²) >= 11 is 0. The molecule has 0 unspecified atom stereocenters. The lowest BCUT2D eigenvalue weighted by Crippen LogP contribution is -2.01. The van der Waals surface area contributed by atoms with E-state index in [1.54, 1.807) is 0 Å². The summed E-state index contributed by atoms with van der Waals surface area (Å²) in [5.74, 6) is 1.79. The van der Waals surface area contributed by atoms with Crippen molar-refractivity contribution in [3.05, 3.63) is 224 Å². The molecule has 70 heavy (non-hydrogen) atoms. The zero-order valence-electron chi connectivity index (χ0n) is 37.4. The van der Waals surface area contributed by atoms with Crippen LogP contribution in [0, 0.1) is 0 Å². The van der Waals surface area contributed by atoms with E-state index in [0.717, 1.165) is 127 Å². The van der Waals surface area contributed by atoms with Gasteiger partial charge in [-0.15, -0.1) is 0 Å². The number of nitrogens with zero attached hydrogens (tertiary/aromatic N) is 5. The third-order valence-corrected chi connectivity index (χ3v) is 13.9. The molecule has 0 spiro atoms. The van der Waals surface area contributed by atoms with Crippen LogP contribution in [-0.2, 0) is 0 Å². The summed E-state index contributed by atoms with van der Waals surface area (Å²) in [6.07, 6.45) is 0. The Morgan fingerprint density at radius 2 is 0.700 bits per heavy atom. The van der Waals surface area contributed by atoms with Crippen LogP contribution >= 0.6 is 0 Å². The minimum absolute atomic E-state index is 0.576. The molecule has 0 amide bonds. The Morgan fingerprint density at radius 3 is 1.31 bits per heavy atom. The van der Waals surface area contributed by atoms with Gasteiger partial charge in [-0.25, -0.2) is 15.0 Å². The highest BCUT2D eigenvalue weighted by molar-refractivity contribution is 6.19. The number of hydrogen-bond acceptors (Lipinski definition) is 5. The molecule has 5 aromatic heterocycles. The summed E-state index contributed by atoms with van der Waals surface area (Å²) in [6, 6.07) is 78.7. The molecule has 15 rings (SSSR count). The summed E-state index contributed by atoms with van der Waals surface area (Å²) < 4.78 is 17.7. The van der Waals surface area contributed by atoms with Gasteiger partial charge in [0.1, 0.15) is 22.3 Å². The fraction of sp³-hybridized carbons (Fsp3) is 0. The van der Waals surface area contributed by atoms with Crippen LogP contribution in [0.2, 0.25) is 0 Å². The van der Waals surface area contributed by atoms with Gasteiger partial charge in [0.15, 0.2) is 17.5 Å². The van der Waals surface area contributed by atoms with Gasteiger partial charge in [0, 0.05) is 83.3 Å². The maximum Gasteiger partial charge on any atom is 0.164 e. The lowest BCUT2D eigenvalue weighted by molar-refractivity contribution is 0.669. The second-order valence-electron chi connectivity index (χ2n) is 18.0. The van der Waals surface area contributed by atoms with Crippen LogP contribution in [0.3, 0.4) is 0 Å². The second kappa shape index (κ2) is 15.0. The van der Waals surface area contributed by atoms with Gasteiger partial charge in [0.05, 0.1) is 22.1 Å². The SMILES string of the molecule is c1ccc(-c2nc(-c3ccccc3)nc(-c3cc(-c4ccc5c(c4)c4cc6c(cc4n5-c4ccccc4)oc4ccccc46)cc(-n4c5ccccc5c5cc6c(cc54)oc4ccccc46)c3)n2)cc1. The molecule has 0 bridgehead atoms. The van der Waals surface area contributed by atoms with Gasteiger partial charge in [-0.05, 0) is 83.9 Å². The van der Waals surface area contributed by atoms with Crippen molar-refractivity contribution >= 4 is 87.5 Å². The number of furan rings is 2. The first-order valence-electron chi connectivity index (χ1n) is 23.5. The van der Waals surface area contributed by atoms with Gasteiger partial charge >= 0.3 is 0 Å². The van der Waals surface area contributed by atoms with E-state index in [0.29, 0.717) is 17.5 Å². The molecular formula is C63H37N5O2. The zero-order valence-corrected chi connectivity index (χ0v) is 37.4. The summed E-state index contributed by atoms with van der Waals surface area (Å²) in [4.78, 5) is 15.6.